The van der Waals surface area contributed by atoms with Crippen molar-refractivity contribution in [1.29, 1.82) is 0 Å². The second-order valence-corrected chi connectivity index (χ2v) is 19.0. The van der Waals surface area contributed by atoms with E-state index in [2.05, 4.69) is 37.2 Å². The quantitative estimate of drug-likeness (QED) is 0.0335. The standard InChI is InChI=1S/C49H71N11O17/c1-24(2)19-32(45(72)59-40(25(3)63)49(76)77)56-47(74)37-5-4-18-60(37)48(75)36(23-62)58-46(73)35(22-61)57-44(71)34(21-27-8-12-29(65)13-9-27)55-43(70)33(20-26-6-10-28(64)11-7-26)54-42(69)31(15-17-39(52)67)53-41(68)30(50)14-16-38(51)66/h6-13,24-25,30-37,40,61-65H,4-5,14-23,50H2,1-3H3,(H2,51,66)(H2,52,67)(H,53,68)(H,54,69)(H,55,70)(H,56,74)(H,57,71)(H,58,73)(H,59,72)(H,76,77)/t25-,30+,31+,32+,33+,34+,35+,36+,37+,40+/m1/s1. The summed E-state index contributed by atoms with van der Waals surface area (Å²) in [5, 5.41) is 76.7. The highest BCUT2D eigenvalue weighted by Crippen LogP contribution is 2.20. The molecule has 1 heterocycles. The maximum Gasteiger partial charge on any atom is 0.328 e. The Balaban J connectivity index is 1.88. The van der Waals surface area contributed by atoms with E-state index < -0.39 is 145 Å². The molecule has 0 aromatic heterocycles. The van der Waals surface area contributed by atoms with Gasteiger partial charge in [-0.2, -0.15) is 0 Å². The van der Waals surface area contributed by atoms with Crippen LogP contribution in [0.15, 0.2) is 48.5 Å². The zero-order valence-corrected chi connectivity index (χ0v) is 42.8. The van der Waals surface area contributed by atoms with E-state index in [0.29, 0.717) is 11.1 Å². The van der Waals surface area contributed by atoms with E-state index in [0.717, 1.165) is 11.8 Å². The molecule has 1 saturated heterocycles. The summed E-state index contributed by atoms with van der Waals surface area (Å²) in [7, 11) is 0. The molecule has 10 atom stereocenters. The molecule has 19 N–H and O–H groups in total. The number of aliphatic hydroxyl groups is 3. The largest absolute Gasteiger partial charge is 0.508 e. The zero-order chi connectivity index (χ0) is 57.7. The Morgan fingerprint density at radius 2 is 1.01 bits per heavy atom. The molecule has 1 fully saturated rings. The molecule has 1 aliphatic heterocycles. The monoisotopic (exact) mass is 1090 g/mol. The number of carboxylic acid groups (broad SMARTS) is 1. The molecule has 0 saturated carbocycles. The summed E-state index contributed by atoms with van der Waals surface area (Å²) in [6.45, 7) is 2.43. The summed E-state index contributed by atoms with van der Waals surface area (Å²) < 4.78 is 0. The van der Waals surface area contributed by atoms with E-state index in [1.807, 2.05) is 0 Å². The number of phenolic OH excluding ortho intramolecular Hbond substituents is 2. The fraction of sp³-hybridized carbons (Fsp3) is 0.531. The number of carbonyl (C=O) groups is 11. The normalized spacial score (nSPS) is 16.6. The molecule has 0 spiro atoms. The smallest absolute Gasteiger partial charge is 0.328 e. The zero-order valence-electron chi connectivity index (χ0n) is 42.8. The van der Waals surface area contributed by atoms with Crippen LogP contribution in [0.25, 0.3) is 0 Å². The minimum atomic E-state index is -1.87. The van der Waals surface area contributed by atoms with Gasteiger partial charge in [-0.15, -0.1) is 0 Å². The highest BCUT2D eigenvalue weighted by Gasteiger charge is 2.41. The van der Waals surface area contributed by atoms with Gasteiger partial charge >= 0.3 is 5.97 Å². The molecule has 28 nitrogen and oxygen atoms in total. The van der Waals surface area contributed by atoms with Gasteiger partial charge in [0.2, 0.25) is 59.1 Å². The minimum Gasteiger partial charge on any atom is -0.508 e. The Morgan fingerprint density at radius 3 is 1.47 bits per heavy atom. The Bertz CT molecular complexity index is 2410. The summed E-state index contributed by atoms with van der Waals surface area (Å²) >= 11 is 0. The molecule has 1 aliphatic rings. The van der Waals surface area contributed by atoms with Crippen molar-refractivity contribution in [2.24, 2.45) is 23.1 Å². The predicted molar refractivity (Wildman–Crippen MR) is 270 cm³/mol. The Morgan fingerprint density at radius 1 is 0.584 bits per heavy atom. The first-order chi connectivity index (χ1) is 36.2. The molecule has 0 aliphatic carbocycles. The van der Waals surface area contributed by atoms with Crippen molar-refractivity contribution in [2.75, 3.05) is 19.8 Å². The number of rotatable bonds is 31. The number of phenols is 2. The van der Waals surface area contributed by atoms with Gasteiger partial charge in [0.25, 0.3) is 0 Å². The number of likely N-dealkylation sites (tertiary alicyclic amines) is 1. The average molecular weight is 1090 g/mol. The number of benzene rings is 2. The lowest BCUT2D eigenvalue weighted by atomic mass is 10.0. The van der Waals surface area contributed by atoms with Crippen LogP contribution in [0.4, 0.5) is 0 Å². The first-order valence-corrected chi connectivity index (χ1v) is 24.7. The molecule has 2 aromatic rings. The third-order valence-electron chi connectivity index (χ3n) is 12.2. The number of amides is 10. The van der Waals surface area contributed by atoms with Gasteiger partial charge in [0.1, 0.15) is 53.8 Å². The second kappa shape index (κ2) is 30.6. The van der Waals surface area contributed by atoms with Crippen LogP contribution in [0.5, 0.6) is 11.5 Å². The number of hydrogen-bond donors (Lipinski definition) is 16. The van der Waals surface area contributed by atoms with Gasteiger partial charge in [-0.1, -0.05) is 38.1 Å². The van der Waals surface area contributed by atoms with Crippen molar-refractivity contribution in [3.8, 4) is 11.5 Å². The molecule has 77 heavy (non-hydrogen) atoms. The lowest BCUT2D eigenvalue weighted by Gasteiger charge is -2.30. The highest BCUT2D eigenvalue weighted by atomic mass is 16.4. The number of aromatic hydroxyl groups is 2. The SMILES string of the molecule is CC(C)C[C@H](NC(=O)[C@@H]1CCCN1C(=O)[C@H](CO)NC(=O)[C@H](CO)NC(=O)[C@H](Cc1ccc(O)cc1)NC(=O)[C@H](Cc1ccc(O)cc1)NC(=O)[C@H](CCC(N)=O)NC(=O)[C@@H](N)CCC(N)=O)C(=O)N[C@H](C(=O)O)[C@@H](C)O. The van der Waals surface area contributed by atoms with E-state index in [9.17, 15) is 83.4 Å². The fourth-order valence-electron chi connectivity index (χ4n) is 8.00. The summed E-state index contributed by atoms with van der Waals surface area (Å²) in [6.07, 6.45) is -3.05. The number of aliphatic carboxylic acids is 1. The number of carbonyl (C=O) groups excluding carboxylic acids is 10. The maximum absolute atomic E-state index is 14.4. The van der Waals surface area contributed by atoms with Crippen molar-refractivity contribution < 1.29 is 83.4 Å². The van der Waals surface area contributed by atoms with Gasteiger partial charge < -0.3 is 90.0 Å². The molecule has 0 radical (unpaired) electrons. The van der Waals surface area contributed by atoms with Crippen molar-refractivity contribution in [1.82, 2.24) is 42.1 Å². The van der Waals surface area contributed by atoms with Crippen molar-refractivity contribution >= 4 is 65.0 Å². The summed E-state index contributed by atoms with van der Waals surface area (Å²) in [5.41, 5.74) is 17.1. The molecular formula is C49H71N11O17. The Kier molecular flexibility index (Phi) is 25.1. The predicted octanol–water partition coefficient (Wildman–Crippen LogP) is -5.38. The van der Waals surface area contributed by atoms with Crippen LogP contribution in [0.1, 0.15) is 76.8 Å². The van der Waals surface area contributed by atoms with E-state index in [1.165, 1.54) is 48.5 Å². The number of nitrogens with two attached hydrogens (primary N) is 3. The average Bonchev–Trinajstić information content (AvgIpc) is 3.87. The highest BCUT2D eigenvalue weighted by molar-refractivity contribution is 5.98. The van der Waals surface area contributed by atoms with Crippen LogP contribution in [0.2, 0.25) is 0 Å². The Labute approximate surface area is 442 Å². The number of aliphatic hydroxyl groups excluding tert-OH is 3. The van der Waals surface area contributed by atoms with Gasteiger partial charge in [-0.25, -0.2) is 4.79 Å². The van der Waals surface area contributed by atoms with Crippen LogP contribution in [0, 0.1) is 5.92 Å². The van der Waals surface area contributed by atoms with E-state index in [-0.39, 0.29) is 75.3 Å². The van der Waals surface area contributed by atoms with Crippen molar-refractivity contribution in [2.45, 2.75) is 139 Å². The Hall–Kier alpha value is -7.95. The summed E-state index contributed by atoms with van der Waals surface area (Å²) in [6, 6.07) is -3.18. The minimum absolute atomic E-state index is 0.0318. The molecular weight excluding hydrogens is 1010 g/mol. The number of nitrogens with zero attached hydrogens (tertiary/aromatic N) is 1. The first kappa shape index (κ1) is 63.3. The molecule has 424 valence electrons. The fourth-order valence-corrected chi connectivity index (χ4v) is 8.00. The van der Waals surface area contributed by atoms with Crippen LogP contribution in [-0.4, -0.2) is 181 Å². The first-order valence-electron chi connectivity index (χ1n) is 24.7. The van der Waals surface area contributed by atoms with Crippen LogP contribution < -0.4 is 54.4 Å². The topological polar surface area (TPSA) is 475 Å². The van der Waals surface area contributed by atoms with Gasteiger partial charge in [0, 0.05) is 32.2 Å². The summed E-state index contributed by atoms with van der Waals surface area (Å²) in [5.74, 6) is -11.6. The van der Waals surface area contributed by atoms with Gasteiger partial charge in [-0.3, -0.25) is 47.9 Å². The summed E-state index contributed by atoms with van der Waals surface area (Å²) in [4.78, 5) is 146. The number of carboxylic acids is 1. The molecule has 28 heteroatoms. The number of nitrogens with one attached hydrogen (secondary N) is 7. The lowest BCUT2D eigenvalue weighted by molar-refractivity contribution is -0.146. The molecule has 10 amide bonds. The van der Waals surface area contributed by atoms with Gasteiger partial charge in [0.15, 0.2) is 6.04 Å². The van der Waals surface area contributed by atoms with Crippen LogP contribution in [0.3, 0.4) is 0 Å². The second-order valence-electron chi connectivity index (χ2n) is 19.0. The van der Waals surface area contributed by atoms with Crippen LogP contribution >= 0.6 is 0 Å². The maximum atomic E-state index is 14.4. The van der Waals surface area contributed by atoms with Gasteiger partial charge in [-0.05, 0) is 80.3 Å². The molecule has 3 rings (SSSR count). The third-order valence-corrected chi connectivity index (χ3v) is 12.2. The lowest BCUT2D eigenvalue weighted by Crippen LogP contribution is -2.61. The van der Waals surface area contributed by atoms with E-state index in [1.54, 1.807) is 13.8 Å². The molecule has 2 aromatic carbocycles. The third kappa shape index (κ3) is 20.6. The number of hydrogen-bond acceptors (Lipinski definition) is 17. The van der Waals surface area contributed by atoms with Crippen molar-refractivity contribution in [3.63, 3.8) is 0 Å². The van der Waals surface area contributed by atoms with Gasteiger partial charge in [0.05, 0.1) is 25.4 Å². The van der Waals surface area contributed by atoms with Crippen LogP contribution in [-0.2, 0) is 65.6 Å². The van der Waals surface area contributed by atoms with E-state index in [4.69, 9.17) is 17.2 Å². The number of primary amides is 2. The molecule has 0 bridgehead atoms. The van der Waals surface area contributed by atoms with Crippen molar-refractivity contribution in [3.05, 3.63) is 59.7 Å². The molecule has 0 unspecified atom stereocenters. The van der Waals surface area contributed by atoms with E-state index >= 15 is 0 Å².